The number of carbonyl (C=O) groups is 3. The molecule has 0 spiro atoms. The van der Waals surface area contributed by atoms with Gasteiger partial charge in [-0.2, -0.15) is 0 Å². The molecule has 8 rings (SSSR count). The van der Waals surface area contributed by atoms with Crippen molar-refractivity contribution in [1.29, 1.82) is 0 Å². The number of urea groups is 1. The average Bonchev–Trinajstić information content (AvgIpc) is 3.18. The molecule has 1 fully saturated rings. The summed E-state index contributed by atoms with van der Waals surface area (Å²) in [4.78, 5) is 45.1. The van der Waals surface area contributed by atoms with Crippen molar-refractivity contribution < 1.29 is 23.9 Å². The molecular weight excluding hydrogens is 789 g/mol. The van der Waals surface area contributed by atoms with Crippen LogP contribution >= 0.6 is 22.6 Å². The number of barbiturate groups is 1. The molecule has 0 aliphatic carbocycles. The van der Waals surface area contributed by atoms with E-state index in [0.717, 1.165) is 51.1 Å². The van der Waals surface area contributed by atoms with Crippen LogP contribution < -0.4 is 24.6 Å². The fraction of sp³-hybridized carbons (Fsp3) is 0.222. The monoisotopic (exact) mass is 829 g/mol. The van der Waals surface area contributed by atoms with E-state index < -0.39 is 17.8 Å². The van der Waals surface area contributed by atoms with E-state index in [1.165, 1.54) is 34.0 Å². The van der Waals surface area contributed by atoms with E-state index in [1.54, 1.807) is 13.2 Å². The third-order valence-electron chi connectivity index (χ3n) is 10.9. The van der Waals surface area contributed by atoms with Gasteiger partial charge in [0.15, 0.2) is 11.5 Å². The predicted molar refractivity (Wildman–Crippen MR) is 219 cm³/mol. The lowest BCUT2D eigenvalue weighted by atomic mass is 9.76. The van der Waals surface area contributed by atoms with Crippen LogP contribution in [0, 0.1) is 17.4 Å². The van der Waals surface area contributed by atoms with Gasteiger partial charge in [0.2, 0.25) is 0 Å². The Bertz CT molecular complexity index is 2250. The minimum absolute atomic E-state index is 0.0792. The smallest absolute Gasteiger partial charge is 0.335 e. The number of rotatable bonds is 8. The molecule has 54 heavy (non-hydrogen) atoms. The number of methoxy groups -OCH3 is 1. The number of nitrogens with one attached hydrogen (secondary N) is 1. The van der Waals surface area contributed by atoms with Crippen molar-refractivity contribution in [3.8, 4) is 11.5 Å². The Balaban J connectivity index is 1.18. The van der Waals surface area contributed by atoms with Crippen LogP contribution in [0.3, 0.4) is 0 Å². The van der Waals surface area contributed by atoms with Crippen LogP contribution in [0.5, 0.6) is 11.5 Å². The lowest BCUT2D eigenvalue weighted by Gasteiger charge is -2.44. The Hall–Kier alpha value is -5.42. The molecule has 9 heteroatoms. The highest BCUT2D eigenvalue weighted by molar-refractivity contribution is 14.1. The van der Waals surface area contributed by atoms with E-state index in [2.05, 4.69) is 107 Å². The lowest BCUT2D eigenvalue weighted by molar-refractivity contribution is -0.122. The average molecular weight is 830 g/mol. The van der Waals surface area contributed by atoms with Gasteiger partial charge in [-0.1, -0.05) is 78.9 Å². The van der Waals surface area contributed by atoms with Crippen molar-refractivity contribution in [3.63, 3.8) is 0 Å². The van der Waals surface area contributed by atoms with E-state index in [9.17, 15) is 14.4 Å². The minimum Gasteiger partial charge on any atom is -0.493 e. The largest absolute Gasteiger partial charge is 0.493 e. The van der Waals surface area contributed by atoms with E-state index in [-0.39, 0.29) is 17.4 Å². The molecule has 0 radical (unpaired) electrons. The highest BCUT2D eigenvalue weighted by Gasteiger charge is 2.40. The van der Waals surface area contributed by atoms with Gasteiger partial charge in [-0.15, -0.1) is 0 Å². The molecule has 5 aromatic rings. The first kappa shape index (κ1) is 35.6. The second-order valence-corrected chi connectivity index (χ2v) is 15.3. The van der Waals surface area contributed by atoms with Crippen molar-refractivity contribution in [2.45, 2.75) is 45.1 Å². The molecule has 0 saturated carbocycles. The van der Waals surface area contributed by atoms with Gasteiger partial charge < -0.3 is 14.4 Å². The van der Waals surface area contributed by atoms with Gasteiger partial charge in [-0.3, -0.25) is 14.9 Å². The lowest BCUT2D eigenvalue weighted by Crippen LogP contribution is -2.54. The summed E-state index contributed by atoms with van der Waals surface area (Å²) in [5.74, 6) is -0.249. The van der Waals surface area contributed by atoms with E-state index in [1.807, 2.05) is 36.4 Å². The summed E-state index contributed by atoms with van der Waals surface area (Å²) in [5, 5.41) is 2.45. The van der Waals surface area contributed by atoms with Gasteiger partial charge in [-0.25, -0.2) is 9.69 Å². The van der Waals surface area contributed by atoms with E-state index in [4.69, 9.17) is 9.47 Å². The summed E-state index contributed by atoms with van der Waals surface area (Å²) >= 11 is 2.17. The number of benzene rings is 5. The number of hydrogen-bond acceptors (Lipinski definition) is 6. The Morgan fingerprint density at radius 1 is 0.796 bits per heavy atom. The predicted octanol–water partition coefficient (Wildman–Crippen LogP) is 9.04. The van der Waals surface area contributed by atoms with Crippen molar-refractivity contribution in [3.05, 3.63) is 157 Å². The van der Waals surface area contributed by atoms with Crippen molar-refractivity contribution in [2.24, 2.45) is 0 Å². The Kier molecular flexibility index (Phi) is 9.74. The molecular formula is C45H40IN3O5. The molecule has 5 aromatic carbocycles. The number of carbonyl (C=O) groups excluding carboxylic acids is 3. The second kappa shape index (κ2) is 14.8. The SMILES string of the molecule is COc1cc(/C=C2\C(=O)NC(=O)N(c3cc4c5c(c3)[C@@H](c3ccccc3)CCN5CC[C@@H]4c3ccccc3)C2=O)cc(I)c1OCc1ccc(C)c(C)c1. The molecule has 272 valence electrons. The summed E-state index contributed by atoms with van der Waals surface area (Å²) in [7, 11) is 1.55. The third-order valence-corrected chi connectivity index (χ3v) is 11.7. The summed E-state index contributed by atoms with van der Waals surface area (Å²) in [6.07, 6.45) is 3.33. The molecule has 8 nitrogen and oxygen atoms in total. The Labute approximate surface area is 328 Å². The first-order valence-corrected chi connectivity index (χ1v) is 19.3. The molecule has 1 N–H and O–H groups in total. The van der Waals surface area contributed by atoms with Gasteiger partial charge in [0.1, 0.15) is 12.2 Å². The molecule has 1 saturated heterocycles. The van der Waals surface area contributed by atoms with Crippen LogP contribution in [0.1, 0.15) is 69.2 Å². The van der Waals surface area contributed by atoms with Crippen molar-refractivity contribution >= 4 is 57.9 Å². The Morgan fingerprint density at radius 2 is 1.43 bits per heavy atom. The zero-order valence-corrected chi connectivity index (χ0v) is 32.6. The minimum atomic E-state index is -0.771. The molecule has 3 heterocycles. The van der Waals surface area contributed by atoms with Crippen LogP contribution in [0.4, 0.5) is 16.2 Å². The number of ether oxygens (including phenoxy) is 2. The standard InChI is InChI=1S/C45H40IN3O5/c1-27-14-15-29(20-28(27)2)26-54-42-39(46)22-30(23-40(42)53-3)21-38-43(50)47-45(52)49(44(38)51)33-24-36-34(31-10-6-4-7-11-31)16-18-48-19-17-35(37(25-33)41(36)48)32-12-8-5-9-13-32/h4-15,20-25,34-35H,16-19,26H2,1-3H3,(H,47,50,52)/b38-21+/t34-,35-/m1/s1. The highest BCUT2D eigenvalue weighted by atomic mass is 127. The van der Waals surface area contributed by atoms with Crippen LogP contribution in [0.25, 0.3) is 6.08 Å². The quantitative estimate of drug-likeness (QED) is 0.0955. The number of amides is 4. The van der Waals surface area contributed by atoms with E-state index >= 15 is 0 Å². The second-order valence-electron chi connectivity index (χ2n) is 14.2. The molecule has 3 aliphatic heterocycles. The maximum Gasteiger partial charge on any atom is 0.335 e. The van der Waals surface area contributed by atoms with Crippen molar-refractivity contribution in [2.75, 3.05) is 30.0 Å². The van der Waals surface area contributed by atoms with Gasteiger partial charge >= 0.3 is 6.03 Å². The number of aryl methyl sites for hydroxylation is 2. The molecule has 2 atom stereocenters. The van der Waals surface area contributed by atoms with Crippen molar-refractivity contribution in [1.82, 2.24) is 5.32 Å². The fourth-order valence-electron chi connectivity index (χ4n) is 8.04. The molecule has 0 bridgehead atoms. The van der Waals surface area contributed by atoms with Crippen LogP contribution in [-0.2, 0) is 16.2 Å². The topological polar surface area (TPSA) is 88.2 Å². The maximum absolute atomic E-state index is 14.4. The molecule has 3 aliphatic rings. The van der Waals surface area contributed by atoms with Gasteiger partial charge in [-0.05, 0) is 124 Å². The number of nitrogens with zero attached hydrogens (tertiary/aromatic N) is 2. The normalized spacial score (nSPS) is 18.7. The Morgan fingerprint density at radius 3 is 2.02 bits per heavy atom. The van der Waals surface area contributed by atoms with Gasteiger partial charge in [0.05, 0.1) is 16.4 Å². The summed E-state index contributed by atoms with van der Waals surface area (Å²) in [6, 6.07) is 33.8. The summed E-state index contributed by atoms with van der Waals surface area (Å²) in [5.41, 5.74) is 10.0. The zero-order chi connectivity index (χ0) is 37.5. The van der Waals surface area contributed by atoms with Crippen LogP contribution in [-0.4, -0.2) is 38.0 Å². The number of anilines is 2. The molecule has 0 aromatic heterocycles. The molecule has 4 amide bonds. The molecule has 0 unspecified atom stereocenters. The summed E-state index contributed by atoms with van der Waals surface area (Å²) < 4.78 is 12.7. The highest BCUT2D eigenvalue weighted by Crippen LogP contribution is 2.50. The fourth-order valence-corrected chi connectivity index (χ4v) is 8.82. The van der Waals surface area contributed by atoms with Gasteiger partial charge in [0.25, 0.3) is 11.8 Å². The van der Waals surface area contributed by atoms with Crippen LogP contribution in [0.15, 0.2) is 109 Å². The zero-order valence-electron chi connectivity index (χ0n) is 30.4. The maximum atomic E-state index is 14.4. The first-order chi connectivity index (χ1) is 26.2. The van der Waals surface area contributed by atoms with Gasteiger partial charge in [0, 0.05) is 30.6 Å². The third kappa shape index (κ3) is 6.66. The number of halogens is 1. The number of hydrogen-bond donors (Lipinski definition) is 1. The number of imide groups is 2. The first-order valence-electron chi connectivity index (χ1n) is 18.2. The van der Waals surface area contributed by atoms with Crippen LogP contribution in [0.2, 0.25) is 0 Å². The summed E-state index contributed by atoms with van der Waals surface area (Å²) in [6.45, 7) is 6.33. The van der Waals surface area contributed by atoms with E-state index in [0.29, 0.717) is 29.4 Å².